The Labute approximate surface area is 163 Å². The van der Waals surface area contributed by atoms with Gasteiger partial charge in [-0.15, -0.1) is 0 Å². The van der Waals surface area contributed by atoms with Gasteiger partial charge in [-0.25, -0.2) is 0 Å². The summed E-state index contributed by atoms with van der Waals surface area (Å²) in [5.41, 5.74) is 2.33. The van der Waals surface area contributed by atoms with Crippen molar-refractivity contribution in [1.29, 1.82) is 0 Å². The fourth-order valence-electron chi connectivity index (χ4n) is 3.12. The van der Waals surface area contributed by atoms with Crippen molar-refractivity contribution in [3.63, 3.8) is 0 Å². The number of rotatable bonds is 11. The first kappa shape index (κ1) is 20.9. The van der Waals surface area contributed by atoms with Crippen LogP contribution in [0, 0.1) is 0 Å². The third kappa shape index (κ3) is 7.01. The monoisotopic (exact) mass is 365 g/mol. The van der Waals surface area contributed by atoms with Gasteiger partial charge in [0.15, 0.2) is 5.78 Å². The van der Waals surface area contributed by atoms with Crippen molar-refractivity contribution >= 4 is 11.7 Å². The Morgan fingerprint density at radius 1 is 0.815 bits per heavy atom. The second kappa shape index (κ2) is 11.3. The summed E-state index contributed by atoms with van der Waals surface area (Å²) in [7, 11) is 0. The molecule has 0 heterocycles. The fourth-order valence-corrected chi connectivity index (χ4v) is 3.12. The highest BCUT2D eigenvalue weighted by Gasteiger charge is 2.12. The summed E-state index contributed by atoms with van der Waals surface area (Å²) in [5, 5.41) is 3.00. The zero-order valence-corrected chi connectivity index (χ0v) is 16.5. The molecule has 1 atom stereocenters. The summed E-state index contributed by atoms with van der Waals surface area (Å²) in [6.45, 7) is 4.17. The first-order chi connectivity index (χ1) is 13.1. The molecule has 0 unspecified atom stereocenters. The number of Topliss-reactive ketones (excluding diaryl/α,β-unsaturated/α-hetero) is 1. The summed E-state index contributed by atoms with van der Waals surface area (Å²) in [6, 6.07) is 16.8. The van der Waals surface area contributed by atoms with Gasteiger partial charge in [-0.2, -0.15) is 0 Å². The molecule has 2 aromatic rings. The molecule has 2 aromatic carbocycles. The van der Waals surface area contributed by atoms with Crippen molar-refractivity contribution in [3.8, 4) is 0 Å². The first-order valence-electron chi connectivity index (χ1n) is 10.1. The quantitative estimate of drug-likeness (QED) is 0.386. The van der Waals surface area contributed by atoms with E-state index in [1.165, 1.54) is 25.7 Å². The Kier molecular flexibility index (Phi) is 8.76. The molecule has 0 bridgehead atoms. The highest BCUT2D eigenvalue weighted by atomic mass is 16.1. The van der Waals surface area contributed by atoms with E-state index < -0.39 is 0 Å². The minimum absolute atomic E-state index is 0.0623. The maximum Gasteiger partial charge on any atom is 0.251 e. The molecule has 0 fully saturated rings. The number of amides is 1. The van der Waals surface area contributed by atoms with E-state index >= 15 is 0 Å². The molecular weight excluding hydrogens is 334 g/mol. The largest absolute Gasteiger partial charge is 0.346 e. The van der Waals surface area contributed by atoms with E-state index in [-0.39, 0.29) is 17.7 Å². The van der Waals surface area contributed by atoms with E-state index in [0.29, 0.717) is 17.5 Å². The molecule has 1 N–H and O–H groups in total. The molecule has 2 rings (SSSR count). The van der Waals surface area contributed by atoms with Crippen LogP contribution < -0.4 is 5.32 Å². The number of carbonyl (C=O) groups excluding carboxylic acids is 2. The average Bonchev–Trinajstić information content (AvgIpc) is 2.71. The Hall–Kier alpha value is -2.42. The molecule has 0 saturated carbocycles. The summed E-state index contributed by atoms with van der Waals surface area (Å²) in [6.07, 6.45) is 7.63. The molecule has 0 radical (unpaired) electrons. The lowest BCUT2D eigenvalue weighted by molar-refractivity contribution is 0.0936. The number of unbranched alkanes of at least 4 members (excludes halogenated alkanes) is 5. The lowest BCUT2D eigenvalue weighted by Gasteiger charge is -2.14. The van der Waals surface area contributed by atoms with Crippen LogP contribution in [0.1, 0.15) is 91.1 Å². The van der Waals surface area contributed by atoms with Crippen LogP contribution in [0.25, 0.3) is 0 Å². The molecule has 3 heteroatoms. The van der Waals surface area contributed by atoms with Crippen molar-refractivity contribution in [1.82, 2.24) is 5.32 Å². The molecular formula is C24H31NO2. The maximum absolute atomic E-state index is 12.4. The lowest BCUT2D eigenvalue weighted by Crippen LogP contribution is -2.26. The van der Waals surface area contributed by atoms with E-state index in [2.05, 4.69) is 12.2 Å². The van der Waals surface area contributed by atoms with Gasteiger partial charge in [0.25, 0.3) is 5.91 Å². The van der Waals surface area contributed by atoms with Gasteiger partial charge in [0, 0.05) is 17.5 Å². The molecule has 27 heavy (non-hydrogen) atoms. The Balaban J connectivity index is 1.81. The first-order valence-corrected chi connectivity index (χ1v) is 10.1. The lowest BCUT2D eigenvalue weighted by atomic mass is 10.0. The van der Waals surface area contributed by atoms with E-state index in [1.54, 1.807) is 24.3 Å². The SMILES string of the molecule is CCCCCCCCC(=O)c1ccc(C(=O)N[C@H](C)c2ccccc2)cc1. The minimum atomic E-state index is -0.124. The number of ketones is 1. The van der Waals surface area contributed by atoms with E-state index in [1.807, 2.05) is 37.3 Å². The van der Waals surface area contributed by atoms with Crippen LogP contribution in [0.2, 0.25) is 0 Å². The third-order valence-electron chi connectivity index (χ3n) is 4.87. The molecule has 0 aliphatic rings. The third-order valence-corrected chi connectivity index (χ3v) is 4.87. The van der Waals surface area contributed by atoms with Crippen LogP contribution in [-0.2, 0) is 0 Å². The van der Waals surface area contributed by atoms with Crippen LogP contribution in [0.5, 0.6) is 0 Å². The molecule has 1 amide bonds. The number of carbonyl (C=O) groups is 2. The molecule has 0 spiro atoms. The second-order valence-electron chi connectivity index (χ2n) is 7.12. The number of nitrogens with one attached hydrogen (secondary N) is 1. The van der Waals surface area contributed by atoms with Gasteiger partial charge in [0.05, 0.1) is 6.04 Å². The highest BCUT2D eigenvalue weighted by molar-refractivity contribution is 5.98. The van der Waals surface area contributed by atoms with Crippen LogP contribution >= 0.6 is 0 Å². The topological polar surface area (TPSA) is 46.2 Å². The summed E-state index contributed by atoms with van der Waals surface area (Å²) in [4.78, 5) is 24.7. The summed E-state index contributed by atoms with van der Waals surface area (Å²) in [5.74, 6) is 0.0383. The van der Waals surface area contributed by atoms with Crippen LogP contribution in [0.3, 0.4) is 0 Å². The predicted octanol–water partition coefficient (Wildman–Crippen LogP) is 6.11. The predicted molar refractivity (Wildman–Crippen MR) is 111 cm³/mol. The van der Waals surface area contributed by atoms with Crippen molar-refractivity contribution in [2.45, 2.75) is 64.8 Å². The normalized spacial score (nSPS) is 11.8. The molecule has 3 nitrogen and oxygen atoms in total. The van der Waals surface area contributed by atoms with Crippen molar-refractivity contribution in [2.24, 2.45) is 0 Å². The fraction of sp³-hybridized carbons (Fsp3) is 0.417. The molecule has 0 aromatic heterocycles. The molecule has 0 saturated heterocycles. The zero-order valence-electron chi connectivity index (χ0n) is 16.5. The van der Waals surface area contributed by atoms with Crippen molar-refractivity contribution < 1.29 is 9.59 Å². The van der Waals surface area contributed by atoms with Gasteiger partial charge < -0.3 is 5.32 Å². The van der Waals surface area contributed by atoms with Crippen LogP contribution in [0.4, 0.5) is 0 Å². The number of benzene rings is 2. The van der Waals surface area contributed by atoms with Gasteiger partial charge >= 0.3 is 0 Å². The van der Waals surface area contributed by atoms with Gasteiger partial charge in [-0.3, -0.25) is 9.59 Å². The Bertz CT molecular complexity index is 707. The van der Waals surface area contributed by atoms with Crippen LogP contribution in [0.15, 0.2) is 54.6 Å². The second-order valence-corrected chi connectivity index (χ2v) is 7.12. The van der Waals surface area contributed by atoms with Crippen molar-refractivity contribution in [3.05, 3.63) is 71.3 Å². The zero-order chi connectivity index (χ0) is 19.5. The summed E-state index contributed by atoms with van der Waals surface area (Å²) < 4.78 is 0. The molecule has 0 aliphatic carbocycles. The Morgan fingerprint density at radius 3 is 2.07 bits per heavy atom. The standard InChI is InChI=1S/C24H31NO2/c1-3-4-5-6-7-11-14-23(26)21-15-17-22(18-16-21)24(27)25-19(2)20-12-9-8-10-13-20/h8-10,12-13,15-19H,3-7,11,14H2,1-2H3,(H,25,27)/t19-/m1/s1. The van der Waals surface area contributed by atoms with E-state index in [0.717, 1.165) is 18.4 Å². The van der Waals surface area contributed by atoms with E-state index in [9.17, 15) is 9.59 Å². The average molecular weight is 366 g/mol. The van der Waals surface area contributed by atoms with Gasteiger partial charge in [0.2, 0.25) is 0 Å². The number of hydrogen-bond donors (Lipinski definition) is 1. The minimum Gasteiger partial charge on any atom is -0.346 e. The number of hydrogen-bond acceptors (Lipinski definition) is 2. The van der Waals surface area contributed by atoms with Crippen molar-refractivity contribution in [2.75, 3.05) is 0 Å². The molecule has 144 valence electrons. The van der Waals surface area contributed by atoms with Gasteiger partial charge in [-0.1, -0.05) is 81.5 Å². The summed E-state index contributed by atoms with van der Waals surface area (Å²) >= 11 is 0. The van der Waals surface area contributed by atoms with Gasteiger partial charge in [-0.05, 0) is 31.0 Å². The van der Waals surface area contributed by atoms with E-state index in [4.69, 9.17) is 0 Å². The highest BCUT2D eigenvalue weighted by Crippen LogP contribution is 2.14. The van der Waals surface area contributed by atoms with Crippen LogP contribution in [-0.4, -0.2) is 11.7 Å². The smallest absolute Gasteiger partial charge is 0.251 e. The Morgan fingerprint density at radius 2 is 1.41 bits per heavy atom. The maximum atomic E-state index is 12.4. The molecule has 0 aliphatic heterocycles. The van der Waals surface area contributed by atoms with Gasteiger partial charge in [0.1, 0.15) is 0 Å².